The van der Waals surface area contributed by atoms with Crippen molar-refractivity contribution in [1.82, 2.24) is 10.2 Å². The van der Waals surface area contributed by atoms with Crippen LogP contribution in [0.15, 0.2) is 12.7 Å². The van der Waals surface area contributed by atoms with E-state index in [9.17, 15) is 9.59 Å². The SMILES string of the molecule is C=CCC(C)NC1CC(=O)N(C2CC2)C1=O. The zero-order valence-corrected chi connectivity index (χ0v) is 9.61. The molecule has 2 aliphatic rings. The molecule has 1 N–H and O–H groups in total. The van der Waals surface area contributed by atoms with Crippen molar-refractivity contribution in [2.45, 2.75) is 50.7 Å². The third kappa shape index (κ3) is 2.16. The van der Waals surface area contributed by atoms with Gasteiger partial charge in [0.05, 0.1) is 12.5 Å². The Balaban J connectivity index is 1.94. The first-order chi connectivity index (χ1) is 7.63. The van der Waals surface area contributed by atoms with Gasteiger partial charge in [0, 0.05) is 12.1 Å². The highest BCUT2D eigenvalue weighted by Crippen LogP contribution is 2.31. The number of imide groups is 1. The Morgan fingerprint density at radius 2 is 2.25 bits per heavy atom. The van der Waals surface area contributed by atoms with E-state index in [1.165, 1.54) is 4.90 Å². The topological polar surface area (TPSA) is 49.4 Å². The summed E-state index contributed by atoms with van der Waals surface area (Å²) in [5.74, 6) is -0.0563. The molecule has 0 aromatic heterocycles. The number of nitrogens with one attached hydrogen (secondary N) is 1. The van der Waals surface area contributed by atoms with Gasteiger partial charge < -0.3 is 5.32 Å². The molecule has 0 bridgehead atoms. The maximum Gasteiger partial charge on any atom is 0.247 e. The van der Waals surface area contributed by atoms with E-state index in [0.29, 0.717) is 6.42 Å². The zero-order chi connectivity index (χ0) is 11.7. The van der Waals surface area contributed by atoms with Gasteiger partial charge in [-0.3, -0.25) is 14.5 Å². The van der Waals surface area contributed by atoms with Gasteiger partial charge in [-0.2, -0.15) is 0 Å². The van der Waals surface area contributed by atoms with Crippen LogP contribution in [-0.2, 0) is 9.59 Å². The number of hydrogen-bond acceptors (Lipinski definition) is 3. The number of amides is 2. The number of likely N-dealkylation sites (tertiary alicyclic amines) is 1. The first-order valence-corrected chi connectivity index (χ1v) is 5.86. The van der Waals surface area contributed by atoms with Crippen LogP contribution in [0.5, 0.6) is 0 Å². The lowest BCUT2D eigenvalue weighted by molar-refractivity contribution is -0.139. The van der Waals surface area contributed by atoms with Crippen molar-refractivity contribution >= 4 is 11.8 Å². The number of rotatable bonds is 5. The minimum Gasteiger partial charge on any atom is -0.303 e. The van der Waals surface area contributed by atoms with Crippen molar-refractivity contribution in [3.05, 3.63) is 12.7 Å². The summed E-state index contributed by atoms with van der Waals surface area (Å²) >= 11 is 0. The number of carbonyl (C=O) groups excluding carboxylic acids is 2. The number of carbonyl (C=O) groups is 2. The fourth-order valence-electron chi connectivity index (χ4n) is 2.16. The Morgan fingerprint density at radius 3 is 2.81 bits per heavy atom. The molecule has 4 heteroatoms. The van der Waals surface area contributed by atoms with E-state index in [1.807, 2.05) is 13.0 Å². The highest BCUT2D eigenvalue weighted by Gasteiger charge is 2.46. The van der Waals surface area contributed by atoms with Gasteiger partial charge in [-0.05, 0) is 26.2 Å². The van der Waals surface area contributed by atoms with Crippen LogP contribution in [-0.4, -0.2) is 34.8 Å². The molecule has 0 aromatic carbocycles. The van der Waals surface area contributed by atoms with Crippen LogP contribution in [0.3, 0.4) is 0 Å². The summed E-state index contributed by atoms with van der Waals surface area (Å²) in [6, 6.07) is 0.0722. The van der Waals surface area contributed by atoms with Crippen molar-refractivity contribution in [1.29, 1.82) is 0 Å². The molecule has 2 amide bonds. The fourth-order valence-corrected chi connectivity index (χ4v) is 2.16. The van der Waals surface area contributed by atoms with Gasteiger partial charge in [-0.15, -0.1) is 6.58 Å². The normalized spacial score (nSPS) is 27.3. The fraction of sp³-hybridized carbons (Fsp3) is 0.667. The summed E-state index contributed by atoms with van der Waals surface area (Å²) in [7, 11) is 0. The van der Waals surface area contributed by atoms with E-state index < -0.39 is 0 Å². The van der Waals surface area contributed by atoms with E-state index in [-0.39, 0.29) is 29.9 Å². The largest absolute Gasteiger partial charge is 0.303 e. The average Bonchev–Trinajstić information content (AvgIpc) is 2.97. The highest BCUT2D eigenvalue weighted by atomic mass is 16.2. The highest BCUT2D eigenvalue weighted by molar-refractivity contribution is 6.06. The van der Waals surface area contributed by atoms with Crippen LogP contribution in [0.25, 0.3) is 0 Å². The Morgan fingerprint density at radius 1 is 1.56 bits per heavy atom. The smallest absolute Gasteiger partial charge is 0.247 e. The Hall–Kier alpha value is -1.16. The maximum atomic E-state index is 12.0. The van der Waals surface area contributed by atoms with E-state index in [2.05, 4.69) is 11.9 Å². The molecule has 1 saturated heterocycles. The van der Waals surface area contributed by atoms with Crippen LogP contribution in [0.2, 0.25) is 0 Å². The minimum absolute atomic E-state index is 0.0178. The Kier molecular flexibility index (Phi) is 3.10. The first-order valence-electron chi connectivity index (χ1n) is 5.86. The summed E-state index contributed by atoms with van der Waals surface area (Å²) in [5, 5.41) is 3.19. The van der Waals surface area contributed by atoms with Crippen LogP contribution in [0, 0.1) is 0 Å². The molecule has 0 aromatic rings. The zero-order valence-electron chi connectivity index (χ0n) is 9.61. The maximum absolute atomic E-state index is 12.0. The average molecular weight is 222 g/mol. The molecular formula is C12H18N2O2. The van der Waals surface area contributed by atoms with Crippen molar-refractivity contribution in [2.75, 3.05) is 0 Å². The van der Waals surface area contributed by atoms with Crippen molar-refractivity contribution < 1.29 is 9.59 Å². The monoisotopic (exact) mass is 222 g/mol. The molecule has 16 heavy (non-hydrogen) atoms. The molecule has 1 aliphatic heterocycles. The molecule has 1 heterocycles. The first kappa shape index (κ1) is 11.3. The van der Waals surface area contributed by atoms with E-state index in [4.69, 9.17) is 0 Å². The predicted molar refractivity (Wildman–Crippen MR) is 60.7 cm³/mol. The van der Waals surface area contributed by atoms with Crippen molar-refractivity contribution in [2.24, 2.45) is 0 Å². The van der Waals surface area contributed by atoms with Gasteiger partial charge in [0.2, 0.25) is 11.8 Å². The lowest BCUT2D eigenvalue weighted by Gasteiger charge is -2.17. The van der Waals surface area contributed by atoms with E-state index >= 15 is 0 Å². The molecule has 2 fully saturated rings. The molecule has 0 radical (unpaired) electrons. The number of hydrogen-bond donors (Lipinski definition) is 1. The second-order valence-electron chi connectivity index (χ2n) is 4.68. The van der Waals surface area contributed by atoms with Crippen LogP contribution in [0.4, 0.5) is 0 Å². The summed E-state index contributed by atoms with van der Waals surface area (Å²) in [4.78, 5) is 25.1. The molecule has 88 valence electrons. The third-order valence-corrected chi connectivity index (χ3v) is 3.10. The number of nitrogens with zero attached hydrogens (tertiary/aromatic N) is 1. The van der Waals surface area contributed by atoms with E-state index in [1.54, 1.807) is 0 Å². The van der Waals surface area contributed by atoms with Crippen LogP contribution < -0.4 is 5.32 Å². The summed E-state index contributed by atoms with van der Waals surface area (Å²) in [6.07, 6.45) is 4.90. The molecule has 4 nitrogen and oxygen atoms in total. The minimum atomic E-state index is -0.317. The molecule has 2 atom stereocenters. The quantitative estimate of drug-likeness (QED) is 0.553. The second-order valence-corrected chi connectivity index (χ2v) is 4.68. The van der Waals surface area contributed by atoms with Gasteiger partial charge in [0.1, 0.15) is 0 Å². The van der Waals surface area contributed by atoms with Gasteiger partial charge in [-0.25, -0.2) is 0 Å². The summed E-state index contributed by atoms with van der Waals surface area (Å²) in [6.45, 7) is 5.66. The Labute approximate surface area is 95.7 Å². The van der Waals surface area contributed by atoms with Crippen molar-refractivity contribution in [3.63, 3.8) is 0 Å². The van der Waals surface area contributed by atoms with Crippen molar-refractivity contribution in [3.8, 4) is 0 Å². The van der Waals surface area contributed by atoms with E-state index in [0.717, 1.165) is 19.3 Å². The van der Waals surface area contributed by atoms with Crippen LogP contribution >= 0.6 is 0 Å². The molecule has 1 saturated carbocycles. The Bertz CT molecular complexity index is 323. The summed E-state index contributed by atoms with van der Waals surface area (Å²) in [5.41, 5.74) is 0. The lowest BCUT2D eigenvalue weighted by atomic mass is 10.1. The predicted octanol–water partition coefficient (Wildman–Crippen LogP) is 0.830. The molecular weight excluding hydrogens is 204 g/mol. The van der Waals surface area contributed by atoms with Gasteiger partial charge >= 0.3 is 0 Å². The van der Waals surface area contributed by atoms with Gasteiger partial charge in [0.15, 0.2) is 0 Å². The molecule has 1 aliphatic carbocycles. The van der Waals surface area contributed by atoms with Gasteiger partial charge in [0.25, 0.3) is 0 Å². The lowest BCUT2D eigenvalue weighted by Crippen LogP contribution is -2.43. The molecule has 2 rings (SSSR count). The second kappa shape index (κ2) is 4.37. The third-order valence-electron chi connectivity index (χ3n) is 3.10. The molecule has 2 unspecified atom stereocenters. The van der Waals surface area contributed by atoms with Crippen LogP contribution in [0.1, 0.15) is 32.6 Å². The standard InChI is InChI=1S/C12H18N2O2/c1-3-4-8(2)13-10-7-11(15)14(12(10)16)9-5-6-9/h3,8-10,13H,1,4-7H2,2H3. The van der Waals surface area contributed by atoms with Gasteiger partial charge in [-0.1, -0.05) is 6.08 Å². The summed E-state index contributed by atoms with van der Waals surface area (Å²) < 4.78 is 0. The molecule has 0 spiro atoms.